The molecule has 5 aromatic heterocycles. The van der Waals surface area contributed by atoms with E-state index in [9.17, 15) is 0 Å². The molecule has 0 spiro atoms. The van der Waals surface area contributed by atoms with Crippen LogP contribution in [0.5, 0.6) is 0 Å². The number of aromatic nitrogens is 7. The molecule has 10 rings (SSSR count). The fourth-order valence-corrected chi connectivity index (χ4v) is 9.09. The number of fused-ring (bicyclic) bond motifs is 6. The topological polar surface area (TPSA) is 74.3 Å². The van der Waals surface area contributed by atoms with Crippen LogP contribution in [0.15, 0.2) is 104 Å². The average molecular weight is 654 g/mol. The van der Waals surface area contributed by atoms with Crippen molar-refractivity contribution in [3.8, 4) is 23.3 Å². The molecule has 0 N–H and O–H groups in total. The third kappa shape index (κ3) is 4.74. The number of hydrogen-bond donors (Lipinski definition) is 0. The summed E-state index contributed by atoms with van der Waals surface area (Å²) in [6.45, 7) is 0. The molecule has 8 aromatic rings. The Labute approximate surface area is 291 Å². The number of benzene rings is 3. The van der Waals surface area contributed by atoms with Crippen molar-refractivity contribution in [1.82, 2.24) is 34.1 Å². The van der Waals surface area contributed by atoms with Gasteiger partial charge in [-0.05, 0) is 72.9 Å². The molecular weight excluding hydrogens is 615 g/mol. The van der Waals surface area contributed by atoms with E-state index in [1.165, 1.54) is 80.9 Å². The van der Waals surface area contributed by atoms with Gasteiger partial charge in [-0.15, -0.1) is 0 Å². The normalized spacial score (nSPS) is 16.2. The van der Waals surface area contributed by atoms with E-state index in [0.29, 0.717) is 23.7 Å². The molecule has 7 nitrogen and oxygen atoms in total. The van der Waals surface area contributed by atoms with Crippen molar-refractivity contribution in [1.29, 1.82) is 0 Å². The maximum atomic E-state index is 5.51. The molecule has 0 atom stereocenters. The highest BCUT2D eigenvalue weighted by atomic mass is 15.3. The van der Waals surface area contributed by atoms with Gasteiger partial charge in [0.2, 0.25) is 11.9 Å². The first kappa shape index (κ1) is 29.5. The van der Waals surface area contributed by atoms with Crippen LogP contribution < -0.4 is 0 Å². The molecule has 7 heteroatoms. The van der Waals surface area contributed by atoms with Crippen molar-refractivity contribution in [3.05, 3.63) is 115 Å². The second-order valence-corrected chi connectivity index (χ2v) is 14.2. The Morgan fingerprint density at radius 1 is 0.440 bits per heavy atom. The highest BCUT2D eigenvalue weighted by molar-refractivity contribution is 6.09. The second-order valence-electron chi connectivity index (χ2n) is 14.2. The standard InChI is InChI=1S/C43H39N7/c1-3-12-28(13-4-1)30-18-11-19-31(29-14-5-2-6-15-29)40(30)41-46-42(49-36-20-9-7-16-32(36)34-22-24-44-26-38(34)49)48-43(47-41)50-37-21-10-8-17-33(37)35-23-25-45-27-39(35)50/h7-11,16-29H,1-6,12-15H2. The first-order valence-corrected chi connectivity index (χ1v) is 18.4. The lowest BCUT2D eigenvalue weighted by Crippen LogP contribution is -2.15. The first-order chi connectivity index (χ1) is 24.8. The van der Waals surface area contributed by atoms with Crippen LogP contribution in [0.3, 0.4) is 0 Å². The Morgan fingerprint density at radius 3 is 1.40 bits per heavy atom. The summed E-state index contributed by atoms with van der Waals surface area (Å²) in [6, 6.07) is 28.3. The van der Waals surface area contributed by atoms with Crippen LogP contribution in [0.25, 0.3) is 66.9 Å². The molecule has 2 saturated carbocycles. The molecule has 0 amide bonds. The van der Waals surface area contributed by atoms with Crippen molar-refractivity contribution in [2.45, 2.75) is 76.0 Å². The number of hydrogen-bond acceptors (Lipinski definition) is 5. The Balaban J connectivity index is 1.32. The van der Waals surface area contributed by atoms with Crippen LogP contribution in [-0.2, 0) is 0 Å². The summed E-state index contributed by atoms with van der Waals surface area (Å²) >= 11 is 0. The van der Waals surface area contributed by atoms with Gasteiger partial charge in [-0.3, -0.25) is 19.1 Å². The van der Waals surface area contributed by atoms with Gasteiger partial charge in [-0.1, -0.05) is 93.1 Å². The van der Waals surface area contributed by atoms with E-state index in [2.05, 4.69) is 98.0 Å². The van der Waals surface area contributed by atoms with Crippen molar-refractivity contribution >= 4 is 43.6 Å². The lowest BCUT2D eigenvalue weighted by Gasteiger charge is -2.29. The maximum absolute atomic E-state index is 5.51. The van der Waals surface area contributed by atoms with Crippen molar-refractivity contribution in [2.75, 3.05) is 0 Å². The Bertz CT molecular complexity index is 2260. The third-order valence-corrected chi connectivity index (χ3v) is 11.4. The van der Waals surface area contributed by atoms with Gasteiger partial charge in [0.05, 0.1) is 34.5 Å². The number of para-hydroxylation sites is 2. The molecule has 0 radical (unpaired) electrons. The Hall–Kier alpha value is -5.43. The summed E-state index contributed by atoms with van der Waals surface area (Å²) in [6.07, 6.45) is 20.2. The Morgan fingerprint density at radius 2 is 0.900 bits per heavy atom. The van der Waals surface area contributed by atoms with Crippen LogP contribution >= 0.6 is 0 Å². The second kappa shape index (κ2) is 12.2. The van der Waals surface area contributed by atoms with Crippen LogP contribution in [0, 0.1) is 0 Å². The highest BCUT2D eigenvalue weighted by Crippen LogP contribution is 2.44. The largest absolute Gasteiger partial charge is 0.276 e. The molecule has 246 valence electrons. The fourth-order valence-electron chi connectivity index (χ4n) is 9.09. The molecule has 0 aliphatic heterocycles. The Kier molecular flexibility index (Phi) is 7.17. The molecule has 2 aliphatic carbocycles. The van der Waals surface area contributed by atoms with E-state index in [1.54, 1.807) is 0 Å². The van der Waals surface area contributed by atoms with Crippen LogP contribution in [0.2, 0.25) is 0 Å². The van der Waals surface area contributed by atoms with E-state index >= 15 is 0 Å². The highest BCUT2D eigenvalue weighted by Gasteiger charge is 2.29. The summed E-state index contributed by atoms with van der Waals surface area (Å²) in [5.41, 5.74) is 8.11. The number of rotatable bonds is 5. The van der Waals surface area contributed by atoms with E-state index in [0.717, 1.165) is 49.4 Å². The molecule has 0 unspecified atom stereocenters. The lowest BCUT2D eigenvalue weighted by atomic mass is 9.76. The average Bonchev–Trinajstić information content (AvgIpc) is 3.71. The molecule has 0 bridgehead atoms. The predicted octanol–water partition coefficient (Wildman–Crippen LogP) is 10.6. The number of nitrogens with zero attached hydrogens (tertiary/aromatic N) is 7. The van der Waals surface area contributed by atoms with Crippen molar-refractivity contribution in [3.63, 3.8) is 0 Å². The van der Waals surface area contributed by atoms with Crippen LogP contribution in [0.4, 0.5) is 0 Å². The summed E-state index contributed by atoms with van der Waals surface area (Å²) < 4.78 is 4.37. The summed E-state index contributed by atoms with van der Waals surface area (Å²) in [5, 5.41) is 4.57. The maximum Gasteiger partial charge on any atom is 0.240 e. The summed E-state index contributed by atoms with van der Waals surface area (Å²) in [7, 11) is 0. The molecule has 3 aromatic carbocycles. The van der Waals surface area contributed by atoms with Gasteiger partial charge in [0.1, 0.15) is 0 Å². The zero-order chi connectivity index (χ0) is 33.0. The molecule has 2 aliphatic rings. The van der Waals surface area contributed by atoms with Gasteiger partial charge < -0.3 is 0 Å². The predicted molar refractivity (Wildman–Crippen MR) is 201 cm³/mol. The quantitative estimate of drug-likeness (QED) is 0.185. The third-order valence-electron chi connectivity index (χ3n) is 11.4. The van der Waals surface area contributed by atoms with Gasteiger partial charge >= 0.3 is 0 Å². The summed E-state index contributed by atoms with van der Waals surface area (Å²) in [5.74, 6) is 2.97. The van der Waals surface area contributed by atoms with Gasteiger partial charge in [-0.2, -0.15) is 15.0 Å². The van der Waals surface area contributed by atoms with Gasteiger partial charge in [0, 0.05) is 39.5 Å². The minimum absolute atomic E-state index is 0.501. The zero-order valence-electron chi connectivity index (χ0n) is 28.2. The molecule has 5 heterocycles. The number of pyridine rings is 2. The minimum atomic E-state index is 0.501. The summed E-state index contributed by atoms with van der Waals surface area (Å²) in [4.78, 5) is 25.5. The molecular formula is C43H39N7. The van der Waals surface area contributed by atoms with E-state index < -0.39 is 0 Å². The SMILES string of the molecule is c1cc(C2CCCCC2)c(-c2nc(-n3c4ccccc4c4ccncc43)nc(-n3c4ccccc4c4ccncc43)n2)c(C2CCCCC2)c1. The van der Waals surface area contributed by atoms with Gasteiger partial charge in [0.15, 0.2) is 5.82 Å². The smallest absolute Gasteiger partial charge is 0.240 e. The zero-order valence-corrected chi connectivity index (χ0v) is 28.2. The van der Waals surface area contributed by atoms with Gasteiger partial charge in [-0.25, -0.2) is 0 Å². The van der Waals surface area contributed by atoms with Crippen LogP contribution in [0.1, 0.15) is 87.2 Å². The van der Waals surface area contributed by atoms with E-state index in [4.69, 9.17) is 15.0 Å². The lowest BCUT2D eigenvalue weighted by molar-refractivity contribution is 0.436. The molecule has 2 fully saturated rings. The van der Waals surface area contributed by atoms with Gasteiger partial charge in [0.25, 0.3) is 0 Å². The molecule has 0 saturated heterocycles. The van der Waals surface area contributed by atoms with Crippen molar-refractivity contribution in [2.24, 2.45) is 0 Å². The fraction of sp³-hybridized carbons (Fsp3) is 0.279. The first-order valence-electron chi connectivity index (χ1n) is 18.4. The monoisotopic (exact) mass is 653 g/mol. The van der Waals surface area contributed by atoms with Crippen molar-refractivity contribution < 1.29 is 0 Å². The van der Waals surface area contributed by atoms with Crippen LogP contribution in [-0.4, -0.2) is 34.1 Å². The molecule has 50 heavy (non-hydrogen) atoms. The van der Waals surface area contributed by atoms with E-state index in [1.807, 2.05) is 24.8 Å². The van der Waals surface area contributed by atoms with E-state index in [-0.39, 0.29) is 0 Å². The minimum Gasteiger partial charge on any atom is -0.276 e.